The smallest absolute Gasteiger partial charge is 0.230 e. The van der Waals surface area contributed by atoms with Crippen LogP contribution < -0.4 is 5.32 Å². The van der Waals surface area contributed by atoms with E-state index in [1.807, 2.05) is 44.2 Å². The Balaban J connectivity index is 2.27. The first-order valence-corrected chi connectivity index (χ1v) is 9.43. The zero-order chi connectivity index (χ0) is 18.6. The van der Waals surface area contributed by atoms with E-state index < -0.39 is 5.41 Å². The Bertz CT molecular complexity index is 745. The highest BCUT2D eigenvalue weighted by Crippen LogP contribution is 2.34. The highest BCUT2D eigenvalue weighted by Gasteiger charge is 2.35. The predicted octanol–water partition coefficient (Wildman–Crippen LogP) is 6.58. The molecular formula is C20H22Cl3NO. The second kappa shape index (κ2) is 8.44. The van der Waals surface area contributed by atoms with Gasteiger partial charge >= 0.3 is 0 Å². The van der Waals surface area contributed by atoms with E-state index in [1.165, 1.54) is 0 Å². The number of carbonyl (C=O) groups is 1. The van der Waals surface area contributed by atoms with Gasteiger partial charge in [-0.15, -0.1) is 0 Å². The number of carbonyl (C=O) groups excluding carboxylic acids is 1. The second-order valence-electron chi connectivity index (χ2n) is 6.46. The normalized spacial score (nSPS) is 14.6. The quantitative estimate of drug-likeness (QED) is 0.585. The first-order valence-electron chi connectivity index (χ1n) is 8.30. The van der Waals surface area contributed by atoms with Gasteiger partial charge in [0, 0.05) is 5.02 Å². The molecule has 0 spiro atoms. The van der Waals surface area contributed by atoms with E-state index in [0.29, 0.717) is 21.5 Å². The zero-order valence-corrected chi connectivity index (χ0v) is 16.8. The third-order valence-electron chi connectivity index (χ3n) is 4.53. The van der Waals surface area contributed by atoms with Gasteiger partial charge in [-0.3, -0.25) is 4.79 Å². The van der Waals surface area contributed by atoms with Gasteiger partial charge < -0.3 is 5.32 Å². The van der Waals surface area contributed by atoms with Gasteiger partial charge in [-0.2, -0.15) is 0 Å². The number of amides is 1. The Morgan fingerprint density at radius 3 is 2.28 bits per heavy atom. The number of hydrogen-bond acceptors (Lipinski definition) is 1. The molecule has 1 N–H and O–H groups in total. The van der Waals surface area contributed by atoms with Crippen molar-refractivity contribution in [3.63, 3.8) is 0 Å². The summed E-state index contributed by atoms with van der Waals surface area (Å²) in [4.78, 5) is 13.1. The van der Waals surface area contributed by atoms with Crippen LogP contribution in [0, 0.1) is 0 Å². The van der Waals surface area contributed by atoms with E-state index in [1.54, 1.807) is 12.1 Å². The lowest BCUT2D eigenvalue weighted by Gasteiger charge is -2.30. The molecule has 0 aliphatic carbocycles. The van der Waals surface area contributed by atoms with Crippen molar-refractivity contribution in [1.29, 1.82) is 0 Å². The van der Waals surface area contributed by atoms with Crippen molar-refractivity contribution >= 4 is 40.7 Å². The summed E-state index contributed by atoms with van der Waals surface area (Å²) in [6, 6.07) is 12.8. The van der Waals surface area contributed by atoms with Crippen molar-refractivity contribution in [2.45, 2.75) is 45.1 Å². The zero-order valence-electron chi connectivity index (χ0n) is 14.6. The molecule has 0 fully saturated rings. The van der Waals surface area contributed by atoms with Crippen LogP contribution in [0.3, 0.4) is 0 Å². The fourth-order valence-corrected chi connectivity index (χ4v) is 3.34. The van der Waals surface area contributed by atoms with Crippen molar-refractivity contribution in [3.8, 4) is 0 Å². The van der Waals surface area contributed by atoms with E-state index in [4.69, 9.17) is 34.8 Å². The standard InChI is InChI=1S/C20H22Cl3NO/c1-4-11-20(3,15-7-10-17(22)18(23)12-15)19(25)24-13(2)14-5-8-16(21)9-6-14/h5-10,12-13H,4,11H2,1-3H3,(H,24,25). The van der Waals surface area contributed by atoms with Crippen molar-refractivity contribution < 1.29 is 4.79 Å². The Labute approximate surface area is 164 Å². The van der Waals surface area contributed by atoms with Crippen LogP contribution in [0.4, 0.5) is 0 Å². The number of rotatable bonds is 6. The molecular weight excluding hydrogens is 377 g/mol. The van der Waals surface area contributed by atoms with Gasteiger partial charge in [0.1, 0.15) is 0 Å². The maximum atomic E-state index is 13.1. The van der Waals surface area contributed by atoms with Gasteiger partial charge in [0.2, 0.25) is 5.91 Å². The molecule has 0 aromatic heterocycles. The maximum Gasteiger partial charge on any atom is 0.230 e. The summed E-state index contributed by atoms with van der Waals surface area (Å²) in [5, 5.41) is 4.73. The summed E-state index contributed by atoms with van der Waals surface area (Å²) in [5.41, 5.74) is 1.19. The molecule has 2 atom stereocenters. The molecule has 0 heterocycles. The molecule has 0 aliphatic rings. The Kier molecular flexibility index (Phi) is 6.79. The van der Waals surface area contributed by atoms with Gasteiger partial charge in [0.25, 0.3) is 0 Å². The molecule has 5 heteroatoms. The van der Waals surface area contributed by atoms with E-state index in [-0.39, 0.29) is 11.9 Å². The van der Waals surface area contributed by atoms with E-state index in [2.05, 4.69) is 12.2 Å². The van der Waals surface area contributed by atoms with E-state index in [9.17, 15) is 4.79 Å². The van der Waals surface area contributed by atoms with Crippen LogP contribution in [0.15, 0.2) is 42.5 Å². The molecule has 25 heavy (non-hydrogen) atoms. The maximum absolute atomic E-state index is 13.1. The fraction of sp³-hybridized carbons (Fsp3) is 0.350. The van der Waals surface area contributed by atoms with E-state index in [0.717, 1.165) is 17.5 Å². The largest absolute Gasteiger partial charge is 0.349 e. The van der Waals surface area contributed by atoms with Gasteiger partial charge in [-0.05, 0) is 55.7 Å². The third kappa shape index (κ3) is 4.69. The Morgan fingerprint density at radius 2 is 1.72 bits per heavy atom. The molecule has 2 nitrogen and oxygen atoms in total. The SMILES string of the molecule is CCCC(C)(C(=O)NC(C)c1ccc(Cl)cc1)c1ccc(Cl)c(Cl)c1. The molecule has 134 valence electrons. The average Bonchev–Trinajstić information content (AvgIpc) is 2.57. The highest BCUT2D eigenvalue weighted by molar-refractivity contribution is 6.42. The lowest BCUT2D eigenvalue weighted by atomic mass is 9.77. The van der Waals surface area contributed by atoms with Crippen molar-refractivity contribution in [3.05, 3.63) is 68.7 Å². The fourth-order valence-electron chi connectivity index (χ4n) is 2.92. The van der Waals surface area contributed by atoms with Gasteiger partial charge in [0.05, 0.1) is 21.5 Å². The van der Waals surface area contributed by atoms with Crippen LogP contribution >= 0.6 is 34.8 Å². The lowest BCUT2D eigenvalue weighted by molar-refractivity contribution is -0.127. The molecule has 2 unspecified atom stereocenters. The number of benzene rings is 2. The van der Waals surface area contributed by atoms with Crippen LogP contribution in [0.2, 0.25) is 15.1 Å². The summed E-state index contributed by atoms with van der Waals surface area (Å²) >= 11 is 18.1. The molecule has 1 amide bonds. The minimum atomic E-state index is -0.677. The molecule has 2 aromatic rings. The number of halogens is 3. The number of hydrogen-bond donors (Lipinski definition) is 1. The van der Waals surface area contributed by atoms with Crippen LogP contribution in [-0.4, -0.2) is 5.91 Å². The van der Waals surface area contributed by atoms with Gasteiger partial charge in [0.15, 0.2) is 0 Å². The van der Waals surface area contributed by atoms with Crippen LogP contribution in [0.5, 0.6) is 0 Å². The first-order chi connectivity index (χ1) is 11.8. The summed E-state index contributed by atoms with van der Waals surface area (Å²) in [6.07, 6.45) is 1.59. The van der Waals surface area contributed by atoms with Gasteiger partial charge in [-0.25, -0.2) is 0 Å². The van der Waals surface area contributed by atoms with Crippen molar-refractivity contribution in [2.24, 2.45) is 0 Å². The topological polar surface area (TPSA) is 29.1 Å². The minimum absolute atomic E-state index is 0.0322. The van der Waals surface area contributed by atoms with Crippen molar-refractivity contribution in [1.82, 2.24) is 5.32 Å². The molecule has 2 rings (SSSR count). The molecule has 0 aliphatic heterocycles. The summed E-state index contributed by atoms with van der Waals surface area (Å²) in [7, 11) is 0. The summed E-state index contributed by atoms with van der Waals surface area (Å²) in [6.45, 7) is 5.97. The summed E-state index contributed by atoms with van der Waals surface area (Å²) in [5.74, 6) is -0.0322. The summed E-state index contributed by atoms with van der Waals surface area (Å²) < 4.78 is 0. The number of nitrogens with one attached hydrogen (secondary N) is 1. The second-order valence-corrected chi connectivity index (χ2v) is 7.71. The third-order valence-corrected chi connectivity index (χ3v) is 5.52. The van der Waals surface area contributed by atoms with Gasteiger partial charge in [-0.1, -0.05) is 66.3 Å². The first kappa shape index (κ1) is 20.1. The van der Waals surface area contributed by atoms with Crippen molar-refractivity contribution in [2.75, 3.05) is 0 Å². The lowest BCUT2D eigenvalue weighted by Crippen LogP contribution is -2.43. The van der Waals surface area contributed by atoms with Crippen LogP contribution in [0.1, 0.15) is 50.8 Å². The van der Waals surface area contributed by atoms with E-state index >= 15 is 0 Å². The minimum Gasteiger partial charge on any atom is -0.349 e. The molecule has 0 bridgehead atoms. The monoisotopic (exact) mass is 397 g/mol. The van der Waals surface area contributed by atoms with Crippen LogP contribution in [0.25, 0.3) is 0 Å². The predicted molar refractivity (Wildman–Crippen MR) is 107 cm³/mol. The molecule has 2 aromatic carbocycles. The Morgan fingerprint density at radius 1 is 1.08 bits per heavy atom. The average molecular weight is 399 g/mol. The molecule has 0 radical (unpaired) electrons. The molecule has 0 saturated heterocycles. The molecule has 0 saturated carbocycles. The Hall–Kier alpha value is -1.22. The highest BCUT2D eigenvalue weighted by atomic mass is 35.5. The van der Waals surface area contributed by atoms with Crippen LogP contribution in [-0.2, 0) is 10.2 Å².